The Balaban J connectivity index is 1.67. The number of esters is 1. The third-order valence-corrected chi connectivity index (χ3v) is 5.86. The van der Waals surface area contributed by atoms with Gasteiger partial charge in [0.2, 0.25) is 10.0 Å². The molecule has 0 aliphatic rings. The van der Waals surface area contributed by atoms with E-state index in [0.717, 1.165) is 5.56 Å². The van der Waals surface area contributed by atoms with Gasteiger partial charge in [-0.1, -0.05) is 47.6 Å². The van der Waals surface area contributed by atoms with Crippen molar-refractivity contribution in [3.8, 4) is 28.1 Å². The van der Waals surface area contributed by atoms with Crippen LogP contribution in [-0.4, -0.2) is 26.7 Å². The van der Waals surface area contributed by atoms with Crippen molar-refractivity contribution in [3.05, 3.63) is 90.2 Å². The number of ether oxygens (including phenoxy) is 2. The van der Waals surface area contributed by atoms with E-state index in [2.05, 4.69) is 5.16 Å². The summed E-state index contributed by atoms with van der Waals surface area (Å²) >= 11 is 0. The fraction of sp³-hybridized carbons (Fsp3) is 0.0833. The quantitative estimate of drug-likeness (QED) is 0.410. The van der Waals surface area contributed by atoms with E-state index in [4.69, 9.17) is 19.1 Å². The normalized spacial score (nSPS) is 11.2. The first-order valence-corrected chi connectivity index (χ1v) is 11.4. The van der Waals surface area contributed by atoms with E-state index in [1.54, 1.807) is 36.4 Å². The Labute approximate surface area is 190 Å². The lowest BCUT2D eigenvalue weighted by Crippen LogP contribution is -2.11. The summed E-state index contributed by atoms with van der Waals surface area (Å²) < 4.78 is 39.4. The summed E-state index contributed by atoms with van der Waals surface area (Å²) in [5.41, 5.74) is 3.21. The summed E-state index contributed by atoms with van der Waals surface area (Å²) in [6.07, 6.45) is 0. The minimum Gasteiger partial charge on any atom is -0.486 e. The number of nitrogens with two attached hydrogens (primary N) is 1. The largest absolute Gasteiger partial charge is 0.486 e. The van der Waals surface area contributed by atoms with Gasteiger partial charge in [-0.15, -0.1) is 0 Å². The summed E-state index contributed by atoms with van der Waals surface area (Å²) in [6, 6.07) is 22.1. The van der Waals surface area contributed by atoms with Crippen LogP contribution in [0, 0.1) is 0 Å². The third kappa shape index (κ3) is 4.94. The van der Waals surface area contributed by atoms with Gasteiger partial charge in [0.25, 0.3) is 0 Å². The van der Waals surface area contributed by atoms with Gasteiger partial charge in [-0.05, 0) is 42.0 Å². The van der Waals surface area contributed by atoms with Gasteiger partial charge in [0.1, 0.15) is 18.1 Å². The monoisotopic (exact) mass is 464 g/mol. The zero-order chi connectivity index (χ0) is 23.4. The highest BCUT2D eigenvalue weighted by molar-refractivity contribution is 7.89. The number of benzene rings is 3. The molecule has 0 saturated carbocycles. The van der Waals surface area contributed by atoms with Crippen molar-refractivity contribution in [2.24, 2.45) is 5.14 Å². The molecule has 0 atom stereocenters. The molecule has 0 saturated heterocycles. The van der Waals surface area contributed by atoms with Gasteiger partial charge in [0.05, 0.1) is 23.1 Å². The highest BCUT2D eigenvalue weighted by atomic mass is 32.2. The van der Waals surface area contributed by atoms with Crippen LogP contribution in [-0.2, 0) is 21.4 Å². The topological polar surface area (TPSA) is 122 Å². The number of hydrogen-bond donors (Lipinski definition) is 1. The van der Waals surface area contributed by atoms with E-state index in [9.17, 15) is 13.2 Å². The van der Waals surface area contributed by atoms with Gasteiger partial charge in [-0.25, -0.2) is 18.4 Å². The van der Waals surface area contributed by atoms with E-state index in [1.807, 2.05) is 30.3 Å². The molecule has 33 heavy (non-hydrogen) atoms. The molecule has 0 radical (unpaired) electrons. The summed E-state index contributed by atoms with van der Waals surface area (Å²) in [6.45, 7) is 0.0592. The van der Waals surface area contributed by atoms with Crippen LogP contribution in [0.1, 0.15) is 16.1 Å². The molecular weight excluding hydrogens is 444 g/mol. The maximum absolute atomic E-state index is 11.6. The summed E-state index contributed by atoms with van der Waals surface area (Å²) in [5.74, 6) is 0.541. The third-order valence-electron chi connectivity index (χ3n) is 4.93. The average molecular weight is 464 g/mol. The number of hydrogen-bond acceptors (Lipinski definition) is 7. The van der Waals surface area contributed by atoms with Gasteiger partial charge < -0.3 is 14.0 Å². The van der Waals surface area contributed by atoms with E-state index >= 15 is 0 Å². The number of primary sulfonamides is 1. The predicted octanol–water partition coefficient (Wildman–Crippen LogP) is 4.02. The van der Waals surface area contributed by atoms with Crippen LogP contribution in [0.25, 0.3) is 22.4 Å². The van der Waals surface area contributed by atoms with Crippen LogP contribution in [0.15, 0.2) is 88.3 Å². The minimum absolute atomic E-state index is 0.00691. The van der Waals surface area contributed by atoms with E-state index in [1.165, 1.54) is 19.2 Å². The maximum Gasteiger partial charge on any atom is 0.337 e. The second kappa shape index (κ2) is 9.27. The highest BCUT2D eigenvalue weighted by Crippen LogP contribution is 2.35. The second-order valence-electron chi connectivity index (χ2n) is 7.07. The van der Waals surface area contributed by atoms with Gasteiger partial charge in [-0.3, -0.25) is 0 Å². The predicted molar refractivity (Wildman–Crippen MR) is 121 cm³/mol. The smallest absolute Gasteiger partial charge is 0.337 e. The number of rotatable bonds is 7. The molecule has 0 fully saturated rings. The SMILES string of the molecule is COC(=O)c1ccc(OCc2onc(-c3ccccc3)c2-c2ccc(S(N)(=O)=O)cc2)cc1. The van der Waals surface area contributed by atoms with Crippen LogP contribution in [0.3, 0.4) is 0 Å². The molecule has 8 nitrogen and oxygen atoms in total. The summed E-state index contributed by atoms with van der Waals surface area (Å²) in [5, 5.41) is 9.45. The molecule has 0 aliphatic heterocycles. The van der Waals surface area contributed by atoms with Crippen molar-refractivity contribution >= 4 is 16.0 Å². The Hall–Kier alpha value is -3.95. The Bertz CT molecular complexity index is 1360. The molecule has 1 aromatic heterocycles. The number of carbonyl (C=O) groups is 1. The first kappa shape index (κ1) is 22.3. The fourth-order valence-electron chi connectivity index (χ4n) is 3.28. The molecule has 2 N–H and O–H groups in total. The standard InChI is InChI=1S/C24H20N2O6S/c1-30-24(27)18-7-11-19(12-8-18)31-15-21-22(16-9-13-20(14-10-16)33(25,28)29)23(26-32-21)17-5-3-2-4-6-17/h2-14H,15H2,1H3,(H2,25,28,29). The summed E-state index contributed by atoms with van der Waals surface area (Å²) in [4.78, 5) is 11.6. The van der Waals surface area contributed by atoms with Gasteiger partial charge in [-0.2, -0.15) is 0 Å². The molecule has 0 aliphatic carbocycles. The molecule has 168 valence electrons. The molecule has 9 heteroatoms. The molecule has 0 spiro atoms. The van der Waals surface area contributed by atoms with Crippen molar-refractivity contribution in [1.29, 1.82) is 0 Å². The fourth-order valence-corrected chi connectivity index (χ4v) is 3.79. The molecule has 1 heterocycles. The number of nitrogens with zero attached hydrogens (tertiary/aromatic N) is 1. The van der Waals surface area contributed by atoms with Crippen molar-refractivity contribution in [2.45, 2.75) is 11.5 Å². The maximum atomic E-state index is 11.6. The molecular formula is C24H20N2O6S. The van der Waals surface area contributed by atoms with Gasteiger partial charge in [0.15, 0.2) is 5.76 Å². The lowest BCUT2D eigenvalue weighted by atomic mass is 9.99. The van der Waals surface area contributed by atoms with Crippen molar-refractivity contribution in [3.63, 3.8) is 0 Å². The molecule has 4 rings (SSSR count). The van der Waals surface area contributed by atoms with Gasteiger partial charge >= 0.3 is 5.97 Å². The highest BCUT2D eigenvalue weighted by Gasteiger charge is 2.21. The minimum atomic E-state index is -3.82. The zero-order valence-corrected chi connectivity index (χ0v) is 18.4. The lowest BCUT2D eigenvalue weighted by molar-refractivity contribution is 0.0600. The van der Waals surface area contributed by atoms with Crippen molar-refractivity contribution < 1.29 is 27.2 Å². The van der Waals surface area contributed by atoms with E-state index < -0.39 is 16.0 Å². The average Bonchev–Trinajstić information content (AvgIpc) is 3.26. The summed E-state index contributed by atoms with van der Waals surface area (Å²) in [7, 11) is -2.50. The number of sulfonamides is 1. The Kier molecular flexibility index (Phi) is 6.25. The van der Waals surface area contributed by atoms with Gasteiger partial charge in [0, 0.05) is 5.56 Å². The Morgan fingerprint density at radius 2 is 1.61 bits per heavy atom. The van der Waals surface area contributed by atoms with Crippen LogP contribution in [0.4, 0.5) is 0 Å². The Morgan fingerprint density at radius 1 is 0.939 bits per heavy atom. The zero-order valence-electron chi connectivity index (χ0n) is 17.6. The van der Waals surface area contributed by atoms with Crippen LogP contribution < -0.4 is 9.88 Å². The van der Waals surface area contributed by atoms with Crippen LogP contribution >= 0.6 is 0 Å². The van der Waals surface area contributed by atoms with Crippen LogP contribution in [0.2, 0.25) is 0 Å². The van der Waals surface area contributed by atoms with E-state index in [0.29, 0.717) is 33.9 Å². The van der Waals surface area contributed by atoms with Crippen LogP contribution in [0.5, 0.6) is 5.75 Å². The van der Waals surface area contributed by atoms with Crippen molar-refractivity contribution in [2.75, 3.05) is 7.11 Å². The second-order valence-corrected chi connectivity index (χ2v) is 8.63. The molecule has 0 unspecified atom stereocenters. The van der Waals surface area contributed by atoms with Crippen molar-refractivity contribution in [1.82, 2.24) is 5.16 Å². The number of aromatic nitrogens is 1. The molecule has 0 amide bonds. The molecule has 4 aromatic rings. The lowest BCUT2D eigenvalue weighted by Gasteiger charge is -2.08. The number of methoxy groups -OCH3 is 1. The van der Waals surface area contributed by atoms with E-state index in [-0.39, 0.29) is 11.5 Å². The first-order chi connectivity index (χ1) is 15.9. The molecule has 0 bridgehead atoms. The Morgan fingerprint density at radius 3 is 2.21 bits per heavy atom. The molecule has 3 aromatic carbocycles. The first-order valence-electron chi connectivity index (χ1n) is 9.85. The number of carbonyl (C=O) groups excluding carboxylic acids is 1.